The van der Waals surface area contributed by atoms with Gasteiger partial charge in [0, 0.05) is 32.2 Å². The molecule has 0 radical (unpaired) electrons. The molecule has 4 heteroatoms. The van der Waals surface area contributed by atoms with Crippen LogP contribution in [0.5, 0.6) is 0 Å². The second-order valence-electron chi connectivity index (χ2n) is 7.91. The van der Waals surface area contributed by atoms with Gasteiger partial charge in [-0.25, -0.2) is 4.79 Å². The molecule has 26 heavy (non-hydrogen) atoms. The average molecular weight is 352 g/mol. The third-order valence-electron chi connectivity index (χ3n) is 5.28. The maximum Gasteiger partial charge on any atom is 0.335 e. The number of carboxylic acid groups (broad SMARTS) is 1. The van der Waals surface area contributed by atoms with Crippen LogP contribution in [0.25, 0.3) is 0 Å². The fraction of sp³-hybridized carbons (Fsp3) is 0.409. The average Bonchev–Trinajstić information content (AvgIpc) is 2.61. The van der Waals surface area contributed by atoms with E-state index >= 15 is 0 Å². The first kappa shape index (κ1) is 18.6. The van der Waals surface area contributed by atoms with Gasteiger partial charge >= 0.3 is 5.97 Å². The second kappa shape index (κ2) is 8.02. The van der Waals surface area contributed by atoms with Crippen LogP contribution in [-0.2, 0) is 13.1 Å². The van der Waals surface area contributed by atoms with Crippen molar-refractivity contribution in [2.75, 3.05) is 13.1 Å². The predicted octanol–water partition coefficient (Wildman–Crippen LogP) is 3.78. The van der Waals surface area contributed by atoms with Gasteiger partial charge < -0.3 is 10.4 Å². The van der Waals surface area contributed by atoms with Gasteiger partial charge in [0.1, 0.15) is 0 Å². The van der Waals surface area contributed by atoms with Crippen molar-refractivity contribution in [1.29, 1.82) is 0 Å². The van der Waals surface area contributed by atoms with Gasteiger partial charge in [-0.2, -0.15) is 0 Å². The zero-order valence-corrected chi connectivity index (χ0v) is 15.6. The SMILES string of the molecule is CC1(C)CN(Cc2ccccc2)CCC1NCc1cccc(C(=O)O)c1. The van der Waals surface area contributed by atoms with Crippen LogP contribution < -0.4 is 5.32 Å². The Morgan fingerprint density at radius 3 is 2.58 bits per heavy atom. The smallest absolute Gasteiger partial charge is 0.335 e. The molecule has 1 atom stereocenters. The summed E-state index contributed by atoms with van der Waals surface area (Å²) in [5.41, 5.74) is 2.89. The van der Waals surface area contributed by atoms with E-state index < -0.39 is 5.97 Å². The van der Waals surface area contributed by atoms with E-state index in [-0.39, 0.29) is 5.41 Å². The Kier molecular flexibility index (Phi) is 5.74. The Morgan fingerprint density at radius 2 is 1.88 bits per heavy atom. The van der Waals surface area contributed by atoms with Gasteiger partial charge in [0.2, 0.25) is 0 Å². The molecule has 0 spiro atoms. The summed E-state index contributed by atoms with van der Waals surface area (Å²) in [6.07, 6.45) is 1.10. The zero-order chi connectivity index (χ0) is 18.6. The molecule has 0 amide bonds. The number of carboxylic acids is 1. The molecule has 0 aromatic heterocycles. The lowest BCUT2D eigenvalue weighted by Gasteiger charge is -2.45. The predicted molar refractivity (Wildman–Crippen MR) is 104 cm³/mol. The van der Waals surface area contributed by atoms with E-state index in [1.165, 1.54) is 5.56 Å². The minimum Gasteiger partial charge on any atom is -0.478 e. The van der Waals surface area contributed by atoms with Gasteiger partial charge in [0.25, 0.3) is 0 Å². The van der Waals surface area contributed by atoms with E-state index in [4.69, 9.17) is 5.11 Å². The highest BCUT2D eigenvalue weighted by molar-refractivity contribution is 5.87. The van der Waals surface area contributed by atoms with Crippen LogP contribution in [-0.4, -0.2) is 35.1 Å². The zero-order valence-electron chi connectivity index (χ0n) is 15.6. The van der Waals surface area contributed by atoms with Gasteiger partial charge in [-0.15, -0.1) is 0 Å². The Labute approximate surface area is 155 Å². The van der Waals surface area contributed by atoms with Crippen molar-refractivity contribution in [3.63, 3.8) is 0 Å². The summed E-state index contributed by atoms with van der Waals surface area (Å²) in [4.78, 5) is 13.6. The third-order valence-corrected chi connectivity index (χ3v) is 5.28. The molecule has 3 rings (SSSR count). The van der Waals surface area contributed by atoms with Crippen molar-refractivity contribution >= 4 is 5.97 Å². The van der Waals surface area contributed by atoms with Crippen molar-refractivity contribution in [3.05, 3.63) is 71.3 Å². The first-order chi connectivity index (χ1) is 12.4. The maximum atomic E-state index is 11.1. The number of likely N-dealkylation sites (tertiary alicyclic amines) is 1. The van der Waals surface area contributed by atoms with Crippen LogP contribution in [0.2, 0.25) is 0 Å². The summed E-state index contributed by atoms with van der Waals surface area (Å²) < 4.78 is 0. The number of benzene rings is 2. The van der Waals surface area contributed by atoms with Gasteiger partial charge in [0.15, 0.2) is 0 Å². The topological polar surface area (TPSA) is 52.6 Å². The van der Waals surface area contributed by atoms with Gasteiger partial charge in [0.05, 0.1) is 5.56 Å². The summed E-state index contributed by atoms with van der Waals surface area (Å²) in [6.45, 7) is 8.45. The monoisotopic (exact) mass is 352 g/mol. The molecule has 2 aromatic rings. The van der Waals surface area contributed by atoms with E-state index in [2.05, 4.69) is 54.4 Å². The van der Waals surface area contributed by atoms with Crippen molar-refractivity contribution < 1.29 is 9.90 Å². The normalized spacial score (nSPS) is 20.0. The quantitative estimate of drug-likeness (QED) is 0.831. The number of hydrogen-bond donors (Lipinski definition) is 2. The minimum atomic E-state index is -0.874. The fourth-order valence-corrected chi connectivity index (χ4v) is 3.88. The Hall–Kier alpha value is -2.17. The van der Waals surface area contributed by atoms with Crippen LogP contribution in [0.1, 0.15) is 41.8 Å². The summed E-state index contributed by atoms with van der Waals surface area (Å²) in [5.74, 6) is -0.874. The summed E-state index contributed by atoms with van der Waals surface area (Å²) >= 11 is 0. The lowest BCUT2D eigenvalue weighted by molar-refractivity contribution is 0.0694. The van der Waals surface area contributed by atoms with E-state index in [1.807, 2.05) is 12.1 Å². The third kappa shape index (κ3) is 4.71. The van der Waals surface area contributed by atoms with Crippen molar-refractivity contribution in [2.24, 2.45) is 5.41 Å². The van der Waals surface area contributed by atoms with E-state index in [0.717, 1.165) is 31.6 Å². The Morgan fingerprint density at radius 1 is 1.15 bits per heavy atom. The molecule has 1 aliphatic rings. The summed E-state index contributed by atoms with van der Waals surface area (Å²) in [5, 5.41) is 12.8. The summed E-state index contributed by atoms with van der Waals surface area (Å²) in [6, 6.07) is 18.2. The highest BCUT2D eigenvalue weighted by atomic mass is 16.4. The van der Waals surface area contributed by atoms with Crippen LogP contribution >= 0.6 is 0 Å². The Balaban J connectivity index is 1.57. The molecule has 1 heterocycles. The molecule has 1 fully saturated rings. The highest BCUT2D eigenvalue weighted by Crippen LogP contribution is 2.30. The standard InChI is InChI=1S/C22H28N2O2/c1-22(2)16-24(15-17-7-4-3-5-8-17)12-11-20(22)23-14-18-9-6-10-19(13-18)21(25)26/h3-10,13,20,23H,11-12,14-16H2,1-2H3,(H,25,26). The van der Waals surface area contributed by atoms with Crippen molar-refractivity contribution in [1.82, 2.24) is 10.2 Å². The molecular formula is C22H28N2O2. The molecule has 0 aliphatic carbocycles. The van der Waals surface area contributed by atoms with E-state index in [9.17, 15) is 4.79 Å². The number of aromatic carboxylic acids is 1. The largest absolute Gasteiger partial charge is 0.478 e. The van der Waals surface area contributed by atoms with Crippen LogP contribution in [0, 0.1) is 5.41 Å². The van der Waals surface area contributed by atoms with Gasteiger partial charge in [-0.3, -0.25) is 4.90 Å². The van der Waals surface area contributed by atoms with Crippen LogP contribution in [0.3, 0.4) is 0 Å². The van der Waals surface area contributed by atoms with Crippen molar-refractivity contribution in [3.8, 4) is 0 Å². The molecule has 4 nitrogen and oxygen atoms in total. The second-order valence-corrected chi connectivity index (χ2v) is 7.91. The lowest BCUT2D eigenvalue weighted by Crippen LogP contribution is -2.53. The number of rotatable bonds is 6. The molecule has 1 saturated heterocycles. The molecule has 0 bridgehead atoms. The maximum absolute atomic E-state index is 11.1. The molecule has 0 saturated carbocycles. The first-order valence-electron chi connectivity index (χ1n) is 9.26. The van der Waals surface area contributed by atoms with Crippen molar-refractivity contribution in [2.45, 2.75) is 39.4 Å². The number of nitrogens with one attached hydrogen (secondary N) is 1. The van der Waals surface area contributed by atoms with Gasteiger partial charge in [-0.05, 0) is 35.1 Å². The van der Waals surface area contributed by atoms with Crippen LogP contribution in [0.4, 0.5) is 0 Å². The Bertz CT molecular complexity index is 743. The molecule has 2 aromatic carbocycles. The molecule has 138 valence electrons. The number of carbonyl (C=O) groups is 1. The number of nitrogens with zero attached hydrogens (tertiary/aromatic N) is 1. The van der Waals surface area contributed by atoms with Crippen LogP contribution in [0.15, 0.2) is 54.6 Å². The van der Waals surface area contributed by atoms with Gasteiger partial charge in [-0.1, -0.05) is 56.3 Å². The lowest BCUT2D eigenvalue weighted by atomic mass is 9.79. The summed E-state index contributed by atoms with van der Waals surface area (Å²) in [7, 11) is 0. The molecular weight excluding hydrogens is 324 g/mol. The number of piperidine rings is 1. The van der Waals surface area contributed by atoms with E-state index in [1.54, 1.807) is 12.1 Å². The molecule has 1 aliphatic heterocycles. The number of hydrogen-bond acceptors (Lipinski definition) is 3. The fourth-order valence-electron chi connectivity index (χ4n) is 3.88. The van der Waals surface area contributed by atoms with E-state index in [0.29, 0.717) is 18.2 Å². The highest BCUT2D eigenvalue weighted by Gasteiger charge is 2.35. The first-order valence-corrected chi connectivity index (χ1v) is 9.26. The molecule has 2 N–H and O–H groups in total. The minimum absolute atomic E-state index is 0.164. The molecule has 1 unspecified atom stereocenters.